The van der Waals surface area contributed by atoms with E-state index in [0.717, 1.165) is 15.6 Å². The number of carbonyl (C=O) groups excluding carboxylic acids is 2. The molecule has 5 nitrogen and oxygen atoms in total. The summed E-state index contributed by atoms with van der Waals surface area (Å²) in [6, 6.07) is 23.5. The lowest BCUT2D eigenvalue weighted by atomic mass is 10.0. The number of halogens is 2. The molecule has 0 spiro atoms. The molecule has 0 heterocycles. The molecule has 0 unspecified atom stereocenters. The maximum absolute atomic E-state index is 13.5. The number of amides is 2. The summed E-state index contributed by atoms with van der Waals surface area (Å²) in [6.07, 6.45) is 0.381. The number of hydrogen-bond acceptors (Lipinski definition) is 3. The van der Waals surface area contributed by atoms with Gasteiger partial charge in [-0.15, -0.1) is 0 Å². The van der Waals surface area contributed by atoms with E-state index in [0.29, 0.717) is 17.2 Å². The van der Waals surface area contributed by atoms with E-state index in [9.17, 15) is 9.59 Å². The number of benzene rings is 3. The zero-order valence-electron chi connectivity index (χ0n) is 20.1. The Morgan fingerprint density at radius 3 is 2.17 bits per heavy atom. The van der Waals surface area contributed by atoms with E-state index in [2.05, 4.69) is 21.2 Å². The lowest BCUT2D eigenvalue weighted by Gasteiger charge is -2.33. The highest BCUT2D eigenvalue weighted by Crippen LogP contribution is 2.19. The summed E-state index contributed by atoms with van der Waals surface area (Å²) in [4.78, 5) is 28.6. The average molecular weight is 558 g/mol. The molecule has 0 bridgehead atoms. The van der Waals surface area contributed by atoms with Gasteiger partial charge in [0.15, 0.2) is 6.61 Å². The number of hydrogen-bond donors (Lipinski definition) is 1. The number of ether oxygens (including phenoxy) is 1. The fourth-order valence-corrected chi connectivity index (χ4v) is 3.94. The molecule has 1 atom stereocenters. The Bertz CT molecular complexity index is 1110. The molecule has 0 aromatic heterocycles. The van der Waals surface area contributed by atoms with Gasteiger partial charge in [-0.2, -0.15) is 0 Å². The molecule has 3 rings (SSSR count). The van der Waals surface area contributed by atoms with Crippen molar-refractivity contribution in [3.8, 4) is 5.75 Å². The first kappa shape index (κ1) is 26.8. The Morgan fingerprint density at radius 1 is 0.943 bits per heavy atom. The first-order valence-corrected chi connectivity index (χ1v) is 12.6. The molecule has 3 aromatic carbocycles. The fourth-order valence-electron chi connectivity index (χ4n) is 3.55. The molecule has 0 radical (unpaired) electrons. The van der Waals surface area contributed by atoms with E-state index in [1.165, 1.54) is 0 Å². The van der Waals surface area contributed by atoms with Gasteiger partial charge in [-0.1, -0.05) is 70.0 Å². The number of nitrogens with zero attached hydrogens (tertiary/aromatic N) is 1. The second kappa shape index (κ2) is 12.2. The Balaban J connectivity index is 1.91. The van der Waals surface area contributed by atoms with Gasteiger partial charge in [0.2, 0.25) is 5.91 Å². The first-order chi connectivity index (χ1) is 16.6. The van der Waals surface area contributed by atoms with Crippen LogP contribution >= 0.6 is 27.5 Å². The van der Waals surface area contributed by atoms with Crippen molar-refractivity contribution in [2.24, 2.45) is 0 Å². The molecule has 7 heteroatoms. The SMILES string of the molecule is CC(C)(C)NC(=O)[C@H](Cc1ccccc1)N(Cc1ccc(Br)cc1)C(=O)COc1ccc(Cl)cc1. The van der Waals surface area contributed by atoms with Crippen molar-refractivity contribution in [2.45, 2.75) is 45.3 Å². The van der Waals surface area contributed by atoms with Gasteiger partial charge in [0.05, 0.1) is 0 Å². The Labute approximate surface area is 220 Å². The lowest BCUT2D eigenvalue weighted by Crippen LogP contribution is -2.55. The molecule has 0 saturated carbocycles. The van der Waals surface area contributed by atoms with Gasteiger partial charge >= 0.3 is 0 Å². The maximum Gasteiger partial charge on any atom is 0.261 e. The molecule has 35 heavy (non-hydrogen) atoms. The van der Waals surface area contributed by atoms with Crippen LogP contribution in [0, 0.1) is 0 Å². The second-order valence-electron chi connectivity index (χ2n) is 9.34. The summed E-state index contributed by atoms with van der Waals surface area (Å²) in [5.41, 5.74) is 1.43. The summed E-state index contributed by atoms with van der Waals surface area (Å²) in [6.45, 7) is 5.84. The zero-order valence-corrected chi connectivity index (χ0v) is 22.5. The third kappa shape index (κ3) is 8.71. The molecule has 0 saturated heterocycles. The minimum absolute atomic E-state index is 0.202. The standard InChI is InChI=1S/C28H30BrClN2O3/c1-28(2,3)31-27(34)25(17-20-7-5-4-6-8-20)32(18-21-9-11-22(29)12-10-21)26(33)19-35-24-15-13-23(30)14-16-24/h4-16,25H,17-19H2,1-3H3,(H,31,34)/t25-/m0/s1. The predicted molar refractivity (Wildman–Crippen MR) is 143 cm³/mol. The highest BCUT2D eigenvalue weighted by atomic mass is 79.9. The number of carbonyl (C=O) groups is 2. The topological polar surface area (TPSA) is 58.6 Å². The second-order valence-corrected chi connectivity index (χ2v) is 10.7. The van der Waals surface area contributed by atoms with Crippen LogP contribution in [0.3, 0.4) is 0 Å². The van der Waals surface area contributed by atoms with Crippen molar-refractivity contribution in [3.05, 3.63) is 99.5 Å². The van der Waals surface area contributed by atoms with E-state index in [1.807, 2.05) is 75.4 Å². The Morgan fingerprint density at radius 2 is 1.57 bits per heavy atom. The molecular weight excluding hydrogens is 528 g/mol. The van der Waals surface area contributed by atoms with Crippen molar-refractivity contribution in [1.29, 1.82) is 0 Å². The van der Waals surface area contributed by atoms with Gasteiger partial charge < -0.3 is 15.0 Å². The van der Waals surface area contributed by atoms with Crippen LogP contribution in [0.5, 0.6) is 5.75 Å². The molecule has 184 valence electrons. The van der Waals surface area contributed by atoms with Crippen molar-refractivity contribution >= 4 is 39.3 Å². The summed E-state index contributed by atoms with van der Waals surface area (Å²) in [5, 5.41) is 3.64. The third-order valence-electron chi connectivity index (χ3n) is 5.21. The highest BCUT2D eigenvalue weighted by Gasteiger charge is 2.32. The highest BCUT2D eigenvalue weighted by molar-refractivity contribution is 9.10. The van der Waals surface area contributed by atoms with Crippen molar-refractivity contribution in [1.82, 2.24) is 10.2 Å². The van der Waals surface area contributed by atoms with Gasteiger partial charge in [-0.25, -0.2) is 0 Å². The Hall–Kier alpha value is -2.83. The molecule has 2 amide bonds. The lowest BCUT2D eigenvalue weighted by molar-refractivity contribution is -0.143. The van der Waals surface area contributed by atoms with Crippen LogP contribution in [0.25, 0.3) is 0 Å². The van der Waals surface area contributed by atoms with Crippen molar-refractivity contribution in [3.63, 3.8) is 0 Å². The van der Waals surface area contributed by atoms with E-state index in [1.54, 1.807) is 29.2 Å². The summed E-state index contributed by atoms with van der Waals surface area (Å²) < 4.78 is 6.69. The van der Waals surface area contributed by atoms with Gasteiger partial charge in [0.25, 0.3) is 5.91 Å². The Kier molecular flexibility index (Phi) is 9.35. The summed E-state index contributed by atoms with van der Waals surface area (Å²) in [7, 11) is 0. The van der Waals surface area contributed by atoms with Gasteiger partial charge in [0, 0.05) is 28.0 Å². The predicted octanol–water partition coefficient (Wildman–Crippen LogP) is 6.04. The summed E-state index contributed by atoms with van der Waals surface area (Å²) in [5.74, 6) is 0.0382. The fraction of sp³-hybridized carbons (Fsp3) is 0.286. The minimum atomic E-state index is -0.721. The largest absolute Gasteiger partial charge is 0.484 e. The number of nitrogens with one attached hydrogen (secondary N) is 1. The smallest absolute Gasteiger partial charge is 0.261 e. The monoisotopic (exact) mass is 556 g/mol. The van der Waals surface area contributed by atoms with Crippen LogP contribution in [-0.4, -0.2) is 34.9 Å². The van der Waals surface area contributed by atoms with Gasteiger partial charge in [-0.05, 0) is 68.3 Å². The van der Waals surface area contributed by atoms with Gasteiger partial charge in [0.1, 0.15) is 11.8 Å². The molecular formula is C28H30BrClN2O3. The third-order valence-corrected chi connectivity index (χ3v) is 5.99. The molecule has 0 aliphatic carbocycles. The maximum atomic E-state index is 13.5. The van der Waals surface area contributed by atoms with Crippen LogP contribution in [0.15, 0.2) is 83.3 Å². The quantitative estimate of drug-likeness (QED) is 0.349. The van der Waals surface area contributed by atoms with Crippen LogP contribution in [-0.2, 0) is 22.6 Å². The first-order valence-electron chi connectivity index (χ1n) is 11.4. The molecule has 0 aliphatic rings. The molecule has 1 N–H and O–H groups in total. The van der Waals surface area contributed by atoms with E-state index in [-0.39, 0.29) is 25.0 Å². The van der Waals surface area contributed by atoms with Crippen LogP contribution in [0.2, 0.25) is 5.02 Å². The van der Waals surface area contributed by atoms with Gasteiger partial charge in [-0.3, -0.25) is 9.59 Å². The average Bonchev–Trinajstić information content (AvgIpc) is 2.81. The van der Waals surface area contributed by atoms with E-state index < -0.39 is 11.6 Å². The number of rotatable bonds is 9. The van der Waals surface area contributed by atoms with Crippen molar-refractivity contribution < 1.29 is 14.3 Å². The van der Waals surface area contributed by atoms with Crippen LogP contribution in [0.1, 0.15) is 31.9 Å². The van der Waals surface area contributed by atoms with Crippen LogP contribution < -0.4 is 10.1 Å². The normalized spacial score (nSPS) is 12.0. The van der Waals surface area contributed by atoms with E-state index >= 15 is 0 Å². The molecule has 3 aromatic rings. The summed E-state index contributed by atoms with van der Waals surface area (Å²) >= 11 is 9.41. The van der Waals surface area contributed by atoms with Crippen molar-refractivity contribution in [2.75, 3.05) is 6.61 Å². The molecule has 0 fully saturated rings. The molecule has 0 aliphatic heterocycles. The van der Waals surface area contributed by atoms with Crippen LogP contribution in [0.4, 0.5) is 0 Å². The zero-order chi connectivity index (χ0) is 25.4. The van der Waals surface area contributed by atoms with E-state index in [4.69, 9.17) is 16.3 Å². The minimum Gasteiger partial charge on any atom is -0.484 e.